The second kappa shape index (κ2) is 10.8. The average molecular weight is 538 g/mol. The maximum atomic E-state index is 13.3. The molecule has 2 N–H and O–H groups in total. The van der Waals surface area contributed by atoms with E-state index in [4.69, 9.17) is 31.0 Å². The van der Waals surface area contributed by atoms with Gasteiger partial charge in [-0.3, -0.25) is 4.31 Å². The number of anilines is 2. The number of aliphatic carboxylic acids is 1. The lowest BCUT2D eigenvalue weighted by atomic mass is 10.1. The summed E-state index contributed by atoms with van der Waals surface area (Å²) in [6.45, 7) is 3.83. The van der Waals surface area contributed by atoms with E-state index in [9.17, 15) is 21.6 Å². The van der Waals surface area contributed by atoms with E-state index in [1.165, 1.54) is 10.4 Å². The molecular formula is C21H23ClF3N3O6S. The molecule has 0 radical (unpaired) electrons. The van der Waals surface area contributed by atoms with Crippen LogP contribution in [0.15, 0.2) is 41.3 Å². The Morgan fingerprint density at radius 2 is 1.77 bits per heavy atom. The molecule has 192 valence electrons. The van der Waals surface area contributed by atoms with Crippen LogP contribution in [-0.2, 0) is 14.8 Å². The number of carbonyl (C=O) groups is 1. The molecule has 0 amide bonds. The number of nitrogens with zero attached hydrogens (tertiary/aromatic N) is 2. The molecule has 2 aromatic carbocycles. The van der Waals surface area contributed by atoms with E-state index in [1.807, 2.05) is 6.07 Å². The van der Waals surface area contributed by atoms with Crippen LogP contribution in [0.1, 0.15) is 0 Å². The van der Waals surface area contributed by atoms with Crippen molar-refractivity contribution in [1.29, 1.82) is 0 Å². The Labute approximate surface area is 205 Å². The number of carboxylic acids is 1. The normalized spacial score (nSPS) is 15.9. The number of piperazine rings is 1. The minimum atomic E-state index is -5.08. The first-order valence-electron chi connectivity index (χ1n) is 10.3. The number of carboxylic acid groups (broad SMARTS) is 1. The van der Waals surface area contributed by atoms with Gasteiger partial charge in [-0.05, 0) is 18.2 Å². The van der Waals surface area contributed by atoms with Crippen molar-refractivity contribution in [2.45, 2.75) is 11.1 Å². The van der Waals surface area contributed by atoms with Crippen LogP contribution in [0.3, 0.4) is 0 Å². The zero-order chi connectivity index (χ0) is 25.8. The Balaban J connectivity index is 0.000000429. The second-order valence-electron chi connectivity index (χ2n) is 7.42. The monoisotopic (exact) mass is 537 g/mol. The van der Waals surface area contributed by atoms with E-state index in [1.54, 1.807) is 31.4 Å². The van der Waals surface area contributed by atoms with Crippen LogP contribution in [0.25, 0.3) is 0 Å². The number of hydrogen-bond donors (Lipinski definition) is 2. The van der Waals surface area contributed by atoms with Gasteiger partial charge in [0.05, 0.1) is 29.9 Å². The Morgan fingerprint density at radius 1 is 1.14 bits per heavy atom. The number of methoxy groups -OCH3 is 1. The van der Waals surface area contributed by atoms with Crippen LogP contribution < -0.4 is 24.0 Å². The fourth-order valence-corrected chi connectivity index (χ4v) is 5.27. The lowest BCUT2D eigenvalue weighted by molar-refractivity contribution is -0.192. The summed E-state index contributed by atoms with van der Waals surface area (Å²) in [7, 11) is -2.22. The third kappa shape index (κ3) is 6.21. The van der Waals surface area contributed by atoms with E-state index in [0.717, 1.165) is 31.9 Å². The minimum absolute atomic E-state index is 0.152. The molecule has 1 fully saturated rings. The van der Waals surface area contributed by atoms with E-state index in [2.05, 4.69) is 10.2 Å². The van der Waals surface area contributed by atoms with Crippen LogP contribution in [0.2, 0.25) is 5.02 Å². The van der Waals surface area contributed by atoms with E-state index >= 15 is 0 Å². The first-order chi connectivity index (χ1) is 16.4. The van der Waals surface area contributed by atoms with Crippen molar-refractivity contribution in [2.75, 3.05) is 55.6 Å². The second-order valence-corrected chi connectivity index (χ2v) is 9.72. The highest BCUT2D eigenvalue weighted by atomic mass is 35.5. The lowest BCUT2D eigenvalue weighted by Crippen LogP contribution is -2.44. The highest BCUT2D eigenvalue weighted by Crippen LogP contribution is 2.45. The van der Waals surface area contributed by atoms with Crippen molar-refractivity contribution in [3.05, 3.63) is 41.4 Å². The number of nitrogens with one attached hydrogen (secondary N) is 1. The molecule has 2 aromatic rings. The molecule has 2 heterocycles. The molecule has 14 heteroatoms. The van der Waals surface area contributed by atoms with Crippen molar-refractivity contribution >= 4 is 39.0 Å². The lowest BCUT2D eigenvalue weighted by Gasteiger charge is -2.36. The molecule has 2 aliphatic heterocycles. The molecule has 1 saturated heterocycles. The fourth-order valence-electron chi connectivity index (χ4n) is 3.52. The summed E-state index contributed by atoms with van der Waals surface area (Å²) in [5.74, 6) is -1.60. The van der Waals surface area contributed by atoms with Crippen LogP contribution in [-0.4, -0.2) is 72.1 Å². The number of benzene rings is 2. The van der Waals surface area contributed by atoms with Gasteiger partial charge in [0, 0.05) is 43.3 Å². The number of fused-ring (bicyclic) bond motifs is 1. The molecule has 4 rings (SSSR count). The highest BCUT2D eigenvalue weighted by Gasteiger charge is 2.38. The summed E-state index contributed by atoms with van der Waals surface area (Å²) >= 11 is 6.02. The molecule has 0 aromatic heterocycles. The van der Waals surface area contributed by atoms with Crippen LogP contribution in [0, 0.1) is 0 Å². The van der Waals surface area contributed by atoms with Gasteiger partial charge in [-0.2, -0.15) is 13.2 Å². The van der Waals surface area contributed by atoms with Crippen molar-refractivity contribution in [3.8, 4) is 11.5 Å². The molecule has 0 aliphatic carbocycles. The maximum Gasteiger partial charge on any atom is 0.490 e. The van der Waals surface area contributed by atoms with E-state index in [0.29, 0.717) is 22.2 Å². The molecule has 9 nitrogen and oxygen atoms in total. The van der Waals surface area contributed by atoms with Crippen LogP contribution in [0.5, 0.6) is 11.5 Å². The zero-order valence-electron chi connectivity index (χ0n) is 18.5. The summed E-state index contributed by atoms with van der Waals surface area (Å²) in [4.78, 5) is 11.2. The third-order valence-corrected chi connectivity index (χ3v) is 7.20. The Bertz CT molecular complexity index is 1170. The zero-order valence-corrected chi connectivity index (χ0v) is 20.1. The van der Waals surface area contributed by atoms with Gasteiger partial charge in [0.15, 0.2) is 5.75 Å². The van der Waals surface area contributed by atoms with Gasteiger partial charge in [-0.25, -0.2) is 13.2 Å². The SMILES string of the molecule is COc1cc(N2CCNCC2)c2c(c1)N(S(=O)(=O)c1cccc(Cl)c1)CCO2.O=C(O)C(F)(F)F. The molecular weight excluding hydrogens is 515 g/mol. The number of halogens is 4. The predicted octanol–water partition coefficient (Wildman–Crippen LogP) is 2.98. The highest BCUT2D eigenvalue weighted by molar-refractivity contribution is 7.92. The predicted molar refractivity (Wildman–Crippen MR) is 123 cm³/mol. The summed E-state index contributed by atoms with van der Waals surface area (Å²) in [6, 6.07) is 9.91. The van der Waals surface area contributed by atoms with Gasteiger partial charge in [0.2, 0.25) is 0 Å². The first kappa shape index (κ1) is 26.7. The Hall–Kier alpha value is -2.90. The third-order valence-electron chi connectivity index (χ3n) is 5.15. The summed E-state index contributed by atoms with van der Waals surface area (Å²) in [6.07, 6.45) is -5.08. The average Bonchev–Trinajstić information content (AvgIpc) is 2.83. The number of rotatable bonds is 4. The fraction of sp³-hybridized carbons (Fsp3) is 0.381. The number of sulfonamides is 1. The van der Waals surface area contributed by atoms with Crippen molar-refractivity contribution in [2.24, 2.45) is 0 Å². The van der Waals surface area contributed by atoms with Crippen molar-refractivity contribution in [1.82, 2.24) is 5.32 Å². The van der Waals surface area contributed by atoms with Gasteiger partial charge >= 0.3 is 12.1 Å². The van der Waals surface area contributed by atoms with Gasteiger partial charge in [0.1, 0.15) is 12.4 Å². The molecule has 35 heavy (non-hydrogen) atoms. The Kier molecular flexibility index (Phi) is 8.23. The maximum absolute atomic E-state index is 13.3. The van der Waals surface area contributed by atoms with Gasteiger partial charge < -0.3 is 24.8 Å². The Morgan fingerprint density at radius 3 is 2.34 bits per heavy atom. The summed E-state index contributed by atoms with van der Waals surface area (Å²) in [5.41, 5.74) is 1.33. The smallest absolute Gasteiger partial charge is 0.490 e. The molecule has 0 unspecified atom stereocenters. The number of hydrogen-bond acceptors (Lipinski definition) is 7. The summed E-state index contributed by atoms with van der Waals surface area (Å²) in [5, 5.41) is 10.8. The van der Waals surface area contributed by atoms with Crippen LogP contribution >= 0.6 is 11.6 Å². The van der Waals surface area contributed by atoms with Gasteiger partial charge in [0.25, 0.3) is 10.0 Å². The van der Waals surface area contributed by atoms with Gasteiger partial charge in [-0.1, -0.05) is 17.7 Å². The van der Waals surface area contributed by atoms with Crippen molar-refractivity contribution in [3.63, 3.8) is 0 Å². The standard InChI is InChI=1S/C19H22ClN3O4S.C2HF3O2/c1-26-15-12-17(22-7-5-21-6-8-22)19-18(13-15)23(9-10-27-19)28(24,25)16-4-2-3-14(20)11-16;3-2(4,5)1(6)7/h2-4,11-13,21H,5-10H2,1H3;(H,6,7). The number of ether oxygens (including phenoxy) is 2. The largest absolute Gasteiger partial charge is 0.497 e. The number of alkyl halides is 3. The van der Waals surface area contributed by atoms with Crippen LogP contribution in [0.4, 0.5) is 24.5 Å². The van der Waals surface area contributed by atoms with Crippen molar-refractivity contribution < 1.29 is 41.0 Å². The molecule has 0 atom stereocenters. The molecule has 0 bridgehead atoms. The summed E-state index contributed by atoms with van der Waals surface area (Å²) < 4.78 is 71.2. The van der Waals surface area contributed by atoms with Gasteiger partial charge in [-0.15, -0.1) is 0 Å². The first-order valence-corrected chi connectivity index (χ1v) is 12.2. The molecule has 0 spiro atoms. The minimum Gasteiger partial charge on any atom is -0.497 e. The quantitative estimate of drug-likeness (QED) is 0.613. The van der Waals surface area contributed by atoms with E-state index in [-0.39, 0.29) is 18.0 Å². The molecule has 0 saturated carbocycles. The van der Waals surface area contributed by atoms with E-state index < -0.39 is 22.2 Å². The topological polar surface area (TPSA) is 108 Å². The molecule has 2 aliphatic rings.